The fraction of sp³-hybridized carbons (Fsp3) is 0.846. The number of rotatable bonds is 8. The molecule has 0 spiro atoms. The highest BCUT2D eigenvalue weighted by atomic mass is 32.2. The quantitative estimate of drug-likeness (QED) is 0.728. The summed E-state index contributed by atoms with van der Waals surface area (Å²) >= 11 is 0. The summed E-state index contributed by atoms with van der Waals surface area (Å²) in [4.78, 5) is 23.3. The number of amides is 1. The summed E-state index contributed by atoms with van der Waals surface area (Å²) < 4.78 is 22.2. The number of sulfone groups is 1. The van der Waals surface area contributed by atoms with Crippen LogP contribution in [-0.4, -0.2) is 38.2 Å². The third kappa shape index (κ3) is 8.75. The minimum absolute atomic E-state index is 0.101. The van der Waals surface area contributed by atoms with Crippen molar-refractivity contribution >= 4 is 21.5 Å². The van der Waals surface area contributed by atoms with Crippen molar-refractivity contribution in [2.24, 2.45) is 11.8 Å². The van der Waals surface area contributed by atoms with Crippen molar-refractivity contribution < 1.29 is 18.0 Å². The Kier molecular flexibility index (Phi) is 7.26. The molecule has 0 fully saturated rings. The van der Waals surface area contributed by atoms with E-state index in [1.54, 1.807) is 0 Å². The Balaban J connectivity index is 4.50. The van der Waals surface area contributed by atoms with Crippen LogP contribution in [0.4, 0.5) is 0 Å². The molecule has 0 aliphatic carbocycles. The van der Waals surface area contributed by atoms with Crippen LogP contribution in [0.15, 0.2) is 0 Å². The molecule has 0 aromatic heterocycles. The molecule has 1 amide bonds. The van der Waals surface area contributed by atoms with Crippen LogP contribution in [0.25, 0.3) is 0 Å². The Morgan fingerprint density at radius 3 is 2.05 bits per heavy atom. The average molecular weight is 291 g/mol. The Labute approximate surface area is 116 Å². The van der Waals surface area contributed by atoms with Crippen molar-refractivity contribution in [1.82, 2.24) is 5.32 Å². The molecule has 6 heteroatoms. The molecular weight excluding hydrogens is 266 g/mol. The van der Waals surface area contributed by atoms with E-state index in [2.05, 4.69) is 5.32 Å². The zero-order valence-electron chi connectivity index (χ0n) is 12.4. The van der Waals surface area contributed by atoms with E-state index in [-0.39, 0.29) is 29.8 Å². The Morgan fingerprint density at radius 1 is 1.16 bits per heavy atom. The molecule has 1 N–H and O–H groups in total. The molecule has 19 heavy (non-hydrogen) atoms. The van der Waals surface area contributed by atoms with Crippen molar-refractivity contribution in [3.8, 4) is 0 Å². The first-order valence-electron chi connectivity index (χ1n) is 6.51. The van der Waals surface area contributed by atoms with Crippen LogP contribution in [0.1, 0.15) is 40.5 Å². The topological polar surface area (TPSA) is 80.3 Å². The first kappa shape index (κ1) is 18.1. The van der Waals surface area contributed by atoms with Gasteiger partial charge >= 0.3 is 0 Å². The molecule has 2 atom stereocenters. The van der Waals surface area contributed by atoms with E-state index in [0.29, 0.717) is 5.92 Å². The lowest BCUT2D eigenvalue weighted by atomic mass is 9.97. The molecule has 0 bridgehead atoms. The van der Waals surface area contributed by atoms with Gasteiger partial charge in [-0.3, -0.25) is 9.59 Å². The summed E-state index contributed by atoms with van der Waals surface area (Å²) in [5.74, 6) is -0.292. The minimum Gasteiger partial charge on any atom is -0.346 e. The highest BCUT2D eigenvalue weighted by Gasteiger charge is 2.22. The predicted molar refractivity (Wildman–Crippen MR) is 75.6 cm³/mol. The third-order valence-corrected chi connectivity index (χ3v) is 3.83. The summed E-state index contributed by atoms with van der Waals surface area (Å²) in [6.07, 6.45) is 1.99. The molecule has 2 unspecified atom stereocenters. The number of hydrogen-bond acceptors (Lipinski definition) is 4. The second-order valence-corrected chi connectivity index (χ2v) is 7.88. The Hall–Kier alpha value is -0.910. The molecule has 112 valence electrons. The molecular formula is C13H25NO4S. The molecule has 0 aromatic rings. The van der Waals surface area contributed by atoms with Crippen LogP contribution < -0.4 is 5.32 Å². The van der Waals surface area contributed by atoms with Gasteiger partial charge in [0.05, 0.1) is 11.8 Å². The number of carbonyl (C=O) groups is 2. The summed E-state index contributed by atoms with van der Waals surface area (Å²) in [6, 6.07) is -0.711. The smallest absolute Gasteiger partial charge is 0.223 e. The predicted octanol–water partition coefficient (Wildman–Crippen LogP) is 1.18. The van der Waals surface area contributed by atoms with Crippen LogP contribution in [0.5, 0.6) is 0 Å². The molecule has 0 aromatic carbocycles. The number of hydrogen-bond donors (Lipinski definition) is 1. The van der Waals surface area contributed by atoms with Crippen molar-refractivity contribution in [3.05, 3.63) is 0 Å². The highest BCUT2D eigenvalue weighted by Crippen LogP contribution is 2.11. The second kappa shape index (κ2) is 7.62. The summed E-state index contributed by atoms with van der Waals surface area (Å²) in [5.41, 5.74) is 0. The number of Topliss-reactive ketones (excluding diaryl/α,β-unsaturated/α-hetero) is 1. The first-order chi connectivity index (χ1) is 8.53. The molecule has 0 aliphatic heterocycles. The van der Waals surface area contributed by atoms with Gasteiger partial charge in [0.25, 0.3) is 0 Å². The largest absolute Gasteiger partial charge is 0.346 e. The minimum atomic E-state index is -3.13. The first-order valence-corrected chi connectivity index (χ1v) is 8.57. The van der Waals surface area contributed by atoms with Gasteiger partial charge in [-0.15, -0.1) is 0 Å². The van der Waals surface area contributed by atoms with Gasteiger partial charge in [0.15, 0.2) is 5.78 Å². The molecule has 0 saturated carbocycles. The fourth-order valence-corrected chi connectivity index (χ4v) is 2.50. The number of nitrogens with one attached hydrogen (secondary N) is 1. The normalized spacial score (nSPS) is 15.1. The summed E-state index contributed by atoms with van der Waals surface area (Å²) in [7, 11) is -3.13. The van der Waals surface area contributed by atoms with Crippen molar-refractivity contribution in [3.63, 3.8) is 0 Å². The third-order valence-electron chi connectivity index (χ3n) is 2.86. The van der Waals surface area contributed by atoms with Gasteiger partial charge in [0.2, 0.25) is 5.91 Å². The van der Waals surface area contributed by atoms with E-state index in [1.807, 2.05) is 20.8 Å². The lowest BCUT2D eigenvalue weighted by Crippen LogP contribution is -2.43. The molecule has 0 saturated heterocycles. The van der Waals surface area contributed by atoms with E-state index in [4.69, 9.17) is 0 Å². The number of ketones is 1. The Bertz CT molecular complexity index is 414. The zero-order chi connectivity index (χ0) is 15.2. The van der Waals surface area contributed by atoms with Gasteiger partial charge in [-0.05, 0) is 25.7 Å². The van der Waals surface area contributed by atoms with E-state index >= 15 is 0 Å². The molecule has 0 aliphatic rings. The van der Waals surface area contributed by atoms with Gasteiger partial charge in [0.1, 0.15) is 9.84 Å². The SMILES string of the molecule is CC(=O)C(CCS(C)(=O)=O)NC(=O)C(C)CC(C)C. The summed E-state index contributed by atoms with van der Waals surface area (Å²) in [5, 5.41) is 2.64. The molecule has 0 heterocycles. The second-order valence-electron chi connectivity index (χ2n) is 5.62. The van der Waals surface area contributed by atoms with Gasteiger partial charge in [-0.25, -0.2) is 8.42 Å². The molecule has 0 rings (SSSR count). The van der Waals surface area contributed by atoms with Gasteiger partial charge in [-0.2, -0.15) is 0 Å². The lowest BCUT2D eigenvalue weighted by molar-refractivity contribution is -0.129. The maximum Gasteiger partial charge on any atom is 0.223 e. The average Bonchev–Trinajstić information content (AvgIpc) is 2.20. The zero-order valence-corrected chi connectivity index (χ0v) is 13.2. The van der Waals surface area contributed by atoms with E-state index in [1.165, 1.54) is 6.92 Å². The fourth-order valence-electron chi connectivity index (χ4n) is 1.84. The summed E-state index contributed by atoms with van der Waals surface area (Å²) in [6.45, 7) is 7.22. The lowest BCUT2D eigenvalue weighted by Gasteiger charge is -2.19. The van der Waals surface area contributed by atoms with Crippen LogP contribution in [0.2, 0.25) is 0 Å². The highest BCUT2D eigenvalue weighted by molar-refractivity contribution is 7.90. The van der Waals surface area contributed by atoms with Crippen molar-refractivity contribution in [2.45, 2.75) is 46.6 Å². The maximum absolute atomic E-state index is 11.9. The van der Waals surface area contributed by atoms with Crippen LogP contribution in [0, 0.1) is 11.8 Å². The maximum atomic E-state index is 11.9. The monoisotopic (exact) mass is 291 g/mol. The standard InChI is InChI=1S/C13H25NO4S/c1-9(2)8-10(3)13(16)14-12(11(4)15)6-7-19(5,17)18/h9-10,12H,6-8H2,1-5H3,(H,14,16). The van der Waals surface area contributed by atoms with E-state index < -0.39 is 15.9 Å². The van der Waals surface area contributed by atoms with Crippen LogP contribution in [-0.2, 0) is 19.4 Å². The van der Waals surface area contributed by atoms with E-state index in [0.717, 1.165) is 12.7 Å². The van der Waals surface area contributed by atoms with Crippen LogP contribution in [0.3, 0.4) is 0 Å². The van der Waals surface area contributed by atoms with Crippen molar-refractivity contribution in [2.75, 3.05) is 12.0 Å². The Morgan fingerprint density at radius 2 is 1.68 bits per heavy atom. The van der Waals surface area contributed by atoms with Gasteiger partial charge in [0, 0.05) is 12.2 Å². The van der Waals surface area contributed by atoms with Crippen molar-refractivity contribution in [1.29, 1.82) is 0 Å². The van der Waals surface area contributed by atoms with Gasteiger partial charge in [-0.1, -0.05) is 20.8 Å². The van der Waals surface area contributed by atoms with Crippen LogP contribution >= 0.6 is 0 Å². The molecule has 5 nitrogen and oxygen atoms in total. The molecule has 0 radical (unpaired) electrons. The number of carbonyl (C=O) groups excluding carboxylic acids is 2. The van der Waals surface area contributed by atoms with E-state index in [9.17, 15) is 18.0 Å². The van der Waals surface area contributed by atoms with Gasteiger partial charge < -0.3 is 5.32 Å².